The Balaban J connectivity index is 1.90. The maximum absolute atomic E-state index is 13.2. The fourth-order valence-corrected chi connectivity index (χ4v) is 3.96. The molecule has 154 valence electrons. The number of primary amides is 1. The van der Waals surface area contributed by atoms with Crippen molar-refractivity contribution in [2.75, 3.05) is 13.7 Å². The maximum Gasteiger partial charge on any atom is 0.340 e. The Morgan fingerprint density at radius 3 is 2.41 bits per heavy atom. The predicted octanol–water partition coefficient (Wildman–Crippen LogP) is 2.56. The highest BCUT2D eigenvalue weighted by Gasteiger charge is 2.40. The van der Waals surface area contributed by atoms with Crippen LogP contribution in [-0.2, 0) is 19.1 Å². The highest BCUT2D eigenvalue weighted by atomic mass is 16.5. The molecule has 0 radical (unpaired) electrons. The van der Waals surface area contributed by atoms with E-state index in [4.69, 9.17) is 15.2 Å². The van der Waals surface area contributed by atoms with Crippen molar-refractivity contribution in [3.63, 3.8) is 0 Å². The zero-order valence-electron chi connectivity index (χ0n) is 16.8. The van der Waals surface area contributed by atoms with E-state index < -0.39 is 11.9 Å². The van der Waals surface area contributed by atoms with Crippen molar-refractivity contribution in [1.29, 1.82) is 0 Å². The third kappa shape index (κ3) is 4.50. The average molecular weight is 398 g/mol. The number of esters is 1. The largest absolute Gasteiger partial charge is 0.484 e. The molecule has 3 rings (SSSR count). The summed E-state index contributed by atoms with van der Waals surface area (Å²) >= 11 is 0. The lowest BCUT2D eigenvalue weighted by Gasteiger charge is -2.32. The summed E-state index contributed by atoms with van der Waals surface area (Å²) in [6.45, 7) is 1.60. The Morgan fingerprint density at radius 1 is 1.17 bits per heavy atom. The Morgan fingerprint density at radius 2 is 1.83 bits per heavy atom. The first-order valence-electron chi connectivity index (χ1n) is 9.78. The Bertz CT molecular complexity index is 864. The van der Waals surface area contributed by atoms with Crippen molar-refractivity contribution in [3.8, 4) is 5.75 Å². The van der Waals surface area contributed by atoms with Crippen LogP contribution in [0.3, 0.4) is 0 Å². The summed E-state index contributed by atoms with van der Waals surface area (Å²) in [6.07, 6.45) is 6.92. The first kappa shape index (κ1) is 20.6. The topological polar surface area (TPSA) is 98.9 Å². The molecule has 1 aromatic rings. The molecule has 1 heterocycles. The van der Waals surface area contributed by atoms with Crippen LogP contribution in [0.1, 0.15) is 44.6 Å². The lowest BCUT2D eigenvalue weighted by molar-refractivity contribution is -0.136. The van der Waals surface area contributed by atoms with Gasteiger partial charge in [0.2, 0.25) is 0 Å². The molecule has 0 saturated heterocycles. The minimum Gasteiger partial charge on any atom is -0.484 e. The third-order valence-corrected chi connectivity index (χ3v) is 5.34. The number of benzene rings is 1. The number of nitrogens with two attached hydrogens (primary N) is 1. The van der Waals surface area contributed by atoms with Gasteiger partial charge in [-0.1, -0.05) is 31.4 Å². The van der Waals surface area contributed by atoms with Crippen LogP contribution in [0.25, 0.3) is 6.08 Å². The van der Waals surface area contributed by atoms with E-state index in [0.717, 1.165) is 31.2 Å². The average Bonchev–Trinajstić information content (AvgIpc) is 2.97. The smallest absolute Gasteiger partial charge is 0.340 e. The zero-order chi connectivity index (χ0) is 21.0. The molecule has 29 heavy (non-hydrogen) atoms. The molecule has 2 amide bonds. The van der Waals surface area contributed by atoms with Crippen LogP contribution in [-0.4, -0.2) is 42.4 Å². The maximum atomic E-state index is 13.2. The molecule has 1 aliphatic carbocycles. The van der Waals surface area contributed by atoms with E-state index in [1.165, 1.54) is 13.5 Å². The summed E-state index contributed by atoms with van der Waals surface area (Å²) in [5.41, 5.74) is 7.12. The number of hydrogen-bond donors (Lipinski definition) is 1. The fourth-order valence-electron chi connectivity index (χ4n) is 3.96. The molecule has 7 nitrogen and oxygen atoms in total. The van der Waals surface area contributed by atoms with Crippen LogP contribution in [0.4, 0.5) is 0 Å². The molecule has 0 spiro atoms. The summed E-state index contributed by atoms with van der Waals surface area (Å²) in [5, 5.41) is 0. The minimum absolute atomic E-state index is 0.117. The Hall–Kier alpha value is -3.09. The summed E-state index contributed by atoms with van der Waals surface area (Å²) in [6, 6.07) is 6.99. The lowest BCUT2D eigenvalue weighted by atomic mass is 9.94. The molecule has 0 bridgehead atoms. The first-order valence-corrected chi connectivity index (χ1v) is 9.78. The van der Waals surface area contributed by atoms with E-state index in [9.17, 15) is 14.4 Å². The molecular weight excluding hydrogens is 372 g/mol. The van der Waals surface area contributed by atoms with Crippen LogP contribution in [0.15, 0.2) is 41.1 Å². The van der Waals surface area contributed by atoms with Crippen LogP contribution in [0.2, 0.25) is 0 Å². The summed E-state index contributed by atoms with van der Waals surface area (Å²) < 4.78 is 10.2. The molecule has 1 aromatic carbocycles. The Labute approximate surface area is 170 Å². The third-order valence-electron chi connectivity index (χ3n) is 5.34. The highest BCUT2D eigenvalue weighted by Crippen LogP contribution is 2.36. The number of ether oxygens (including phenoxy) is 2. The molecule has 0 aromatic heterocycles. The predicted molar refractivity (Wildman–Crippen MR) is 108 cm³/mol. The van der Waals surface area contributed by atoms with Crippen molar-refractivity contribution >= 4 is 23.9 Å². The monoisotopic (exact) mass is 398 g/mol. The van der Waals surface area contributed by atoms with Gasteiger partial charge < -0.3 is 20.1 Å². The van der Waals surface area contributed by atoms with Crippen molar-refractivity contribution in [1.82, 2.24) is 4.90 Å². The minimum atomic E-state index is -0.557. The van der Waals surface area contributed by atoms with Crippen molar-refractivity contribution in [3.05, 3.63) is 46.7 Å². The van der Waals surface area contributed by atoms with E-state index >= 15 is 0 Å². The van der Waals surface area contributed by atoms with Gasteiger partial charge in [0.1, 0.15) is 5.75 Å². The second kappa shape index (κ2) is 8.94. The SMILES string of the molecule is COC(=O)C1=C(C)N(C2CCCCC2)C(=O)/C1=C\c1ccc(OCC(N)=O)cc1. The number of hydrogen-bond acceptors (Lipinski definition) is 5. The summed E-state index contributed by atoms with van der Waals surface area (Å²) in [7, 11) is 1.32. The van der Waals surface area contributed by atoms with Gasteiger partial charge in [0.25, 0.3) is 11.8 Å². The van der Waals surface area contributed by atoms with Gasteiger partial charge >= 0.3 is 5.97 Å². The van der Waals surface area contributed by atoms with Gasteiger partial charge in [-0.25, -0.2) is 4.79 Å². The zero-order valence-corrected chi connectivity index (χ0v) is 16.8. The second-order valence-electron chi connectivity index (χ2n) is 7.30. The van der Waals surface area contributed by atoms with E-state index in [2.05, 4.69) is 0 Å². The second-order valence-corrected chi connectivity index (χ2v) is 7.30. The fraction of sp³-hybridized carbons (Fsp3) is 0.409. The van der Waals surface area contributed by atoms with Crippen LogP contribution >= 0.6 is 0 Å². The number of methoxy groups -OCH3 is 1. The number of nitrogens with zero attached hydrogens (tertiary/aromatic N) is 1. The van der Waals surface area contributed by atoms with Crippen LogP contribution in [0.5, 0.6) is 5.75 Å². The molecule has 0 atom stereocenters. The normalized spacial score (nSPS) is 19.0. The van der Waals surface area contributed by atoms with Gasteiger partial charge in [-0.15, -0.1) is 0 Å². The number of amides is 2. The lowest BCUT2D eigenvalue weighted by Crippen LogP contribution is -2.37. The Kier molecular flexibility index (Phi) is 6.36. The van der Waals surface area contributed by atoms with Crippen molar-refractivity contribution in [2.24, 2.45) is 5.73 Å². The number of allylic oxidation sites excluding steroid dienone is 1. The summed E-state index contributed by atoms with van der Waals surface area (Å²) in [4.78, 5) is 38.3. The highest BCUT2D eigenvalue weighted by molar-refractivity contribution is 6.16. The molecule has 0 unspecified atom stereocenters. The molecule has 1 fully saturated rings. The molecular formula is C22H26N2O5. The van der Waals surface area contributed by atoms with Crippen molar-refractivity contribution < 1.29 is 23.9 Å². The molecule has 2 N–H and O–H groups in total. The number of carbonyl (C=O) groups excluding carboxylic acids is 3. The molecule has 7 heteroatoms. The first-order chi connectivity index (χ1) is 13.9. The van der Waals surface area contributed by atoms with E-state index in [-0.39, 0.29) is 18.6 Å². The van der Waals surface area contributed by atoms with Crippen LogP contribution < -0.4 is 10.5 Å². The molecule has 2 aliphatic rings. The van der Waals surface area contributed by atoms with E-state index in [1.807, 2.05) is 0 Å². The van der Waals surface area contributed by atoms with Gasteiger partial charge in [-0.2, -0.15) is 0 Å². The quantitative estimate of drug-likeness (QED) is 0.586. The van der Waals surface area contributed by atoms with Gasteiger partial charge in [-0.05, 0) is 43.5 Å². The van der Waals surface area contributed by atoms with Crippen molar-refractivity contribution in [2.45, 2.75) is 45.1 Å². The summed E-state index contributed by atoms with van der Waals surface area (Å²) in [5.74, 6) is -0.739. The molecule has 1 aliphatic heterocycles. The van der Waals surface area contributed by atoms with Gasteiger partial charge in [0.15, 0.2) is 6.61 Å². The standard InChI is InChI=1S/C22H26N2O5/c1-14-20(22(27)28-2)18(21(26)24(14)16-6-4-3-5-7-16)12-15-8-10-17(11-9-15)29-13-19(23)25/h8-12,16H,3-7,13H2,1-2H3,(H2,23,25)/b18-12-. The van der Waals surface area contributed by atoms with Crippen LogP contribution in [0, 0.1) is 0 Å². The van der Waals surface area contributed by atoms with Gasteiger partial charge in [0, 0.05) is 11.7 Å². The number of carbonyl (C=O) groups is 3. The van der Waals surface area contributed by atoms with E-state index in [1.54, 1.807) is 42.2 Å². The molecule has 1 saturated carbocycles. The van der Waals surface area contributed by atoms with Gasteiger partial charge in [-0.3, -0.25) is 9.59 Å². The van der Waals surface area contributed by atoms with E-state index in [0.29, 0.717) is 22.6 Å². The van der Waals surface area contributed by atoms with Gasteiger partial charge in [0.05, 0.1) is 18.3 Å². The number of rotatable bonds is 6.